The van der Waals surface area contributed by atoms with Gasteiger partial charge in [-0.2, -0.15) is 5.10 Å². The number of hydrogen-bond donors (Lipinski definition) is 0. The zero-order valence-corrected chi connectivity index (χ0v) is 14.6. The minimum Gasteiger partial charge on any atom is -0.297 e. The Balaban J connectivity index is 1.40. The molecule has 0 radical (unpaired) electrons. The summed E-state index contributed by atoms with van der Waals surface area (Å²) in [7, 11) is 0. The maximum atomic E-state index is 12.2. The average molecular weight is 348 g/mol. The summed E-state index contributed by atoms with van der Waals surface area (Å²) < 4.78 is 1.57. The SMILES string of the molecule is Cc1nccnc1CN1CC(Cn2nc(-c3ccncc3)ccc2=O)C1. The Morgan fingerprint density at radius 1 is 1.04 bits per heavy atom. The highest BCUT2D eigenvalue weighted by atomic mass is 16.1. The zero-order valence-electron chi connectivity index (χ0n) is 14.6. The van der Waals surface area contributed by atoms with E-state index in [0.717, 1.165) is 42.3 Å². The van der Waals surface area contributed by atoms with E-state index >= 15 is 0 Å². The van der Waals surface area contributed by atoms with Gasteiger partial charge in [-0.25, -0.2) is 4.68 Å². The number of rotatable bonds is 5. The molecule has 4 rings (SSSR count). The number of aryl methyl sites for hydroxylation is 1. The first kappa shape index (κ1) is 16.5. The van der Waals surface area contributed by atoms with E-state index in [1.165, 1.54) is 0 Å². The first-order valence-electron chi connectivity index (χ1n) is 8.66. The number of hydrogen-bond acceptors (Lipinski definition) is 6. The van der Waals surface area contributed by atoms with Crippen molar-refractivity contribution in [3.63, 3.8) is 0 Å². The summed E-state index contributed by atoms with van der Waals surface area (Å²) in [6.07, 6.45) is 6.90. The molecule has 7 heteroatoms. The van der Waals surface area contributed by atoms with Crippen LogP contribution in [0.3, 0.4) is 0 Å². The fraction of sp³-hybridized carbons (Fsp3) is 0.316. The molecule has 0 spiro atoms. The fourth-order valence-corrected chi connectivity index (χ4v) is 3.23. The molecule has 1 aliphatic rings. The molecule has 0 saturated carbocycles. The fourth-order valence-electron chi connectivity index (χ4n) is 3.23. The van der Waals surface area contributed by atoms with Gasteiger partial charge in [0.1, 0.15) is 0 Å². The van der Waals surface area contributed by atoms with Gasteiger partial charge in [0, 0.05) is 62.0 Å². The predicted octanol–water partition coefficient (Wildman–Crippen LogP) is 1.54. The summed E-state index contributed by atoms with van der Waals surface area (Å²) in [6, 6.07) is 7.14. The van der Waals surface area contributed by atoms with Crippen LogP contribution in [0.5, 0.6) is 0 Å². The summed E-state index contributed by atoms with van der Waals surface area (Å²) in [5.41, 5.74) is 3.67. The smallest absolute Gasteiger partial charge is 0.266 e. The lowest BCUT2D eigenvalue weighted by molar-refractivity contribution is 0.0751. The van der Waals surface area contributed by atoms with E-state index in [2.05, 4.69) is 25.0 Å². The molecule has 26 heavy (non-hydrogen) atoms. The third-order valence-electron chi connectivity index (χ3n) is 4.66. The molecule has 0 aliphatic carbocycles. The topological polar surface area (TPSA) is 76.8 Å². The van der Waals surface area contributed by atoms with E-state index < -0.39 is 0 Å². The quantitative estimate of drug-likeness (QED) is 0.696. The second-order valence-corrected chi connectivity index (χ2v) is 6.62. The Bertz CT molecular complexity index is 949. The van der Waals surface area contributed by atoms with Gasteiger partial charge < -0.3 is 0 Å². The van der Waals surface area contributed by atoms with Gasteiger partial charge in [-0.15, -0.1) is 0 Å². The summed E-state index contributed by atoms with van der Waals surface area (Å²) in [4.78, 5) is 27.2. The molecule has 3 aromatic rings. The second-order valence-electron chi connectivity index (χ2n) is 6.62. The van der Waals surface area contributed by atoms with Crippen LogP contribution < -0.4 is 5.56 Å². The molecule has 0 unspecified atom stereocenters. The van der Waals surface area contributed by atoms with Crippen molar-refractivity contribution in [2.45, 2.75) is 20.0 Å². The molecular weight excluding hydrogens is 328 g/mol. The summed E-state index contributed by atoms with van der Waals surface area (Å²) in [5, 5.41) is 4.52. The van der Waals surface area contributed by atoms with Crippen LogP contribution >= 0.6 is 0 Å². The van der Waals surface area contributed by atoms with Gasteiger partial charge in [-0.05, 0) is 25.1 Å². The van der Waals surface area contributed by atoms with Crippen molar-refractivity contribution in [3.05, 3.63) is 70.8 Å². The molecule has 1 aliphatic heterocycles. The largest absolute Gasteiger partial charge is 0.297 e. The highest BCUT2D eigenvalue weighted by Crippen LogP contribution is 2.20. The molecule has 0 bridgehead atoms. The maximum absolute atomic E-state index is 12.2. The highest BCUT2D eigenvalue weighted by molar-refractivity contribution is 5.56. The van der Waals surface area contributed by atoms with E-state index in [0.29, 0.717) is 12.5 Å². The third kappa shape index (κ3) is 3.52. The second kappa shape index (κ2) is 7.13. The van der Waals surface area contributed by atoms with E-state index in [-0.39, 0.29) is 5.56 Å². The number of pyridine rings is 1. The van der Waals surface area contributed by atoms with Gasteiger partial charge in [0.25, 0.3) is 5.56 Å². The van der Waals surface area contributed by atoms with Crippen molar-refractivity contribution in [2.24, 2.45) is 5.92 Å². The molecule has 0 atom stereocenters. The Morgan fingerprint density at radius 2 is 1.81 bits per heavy atom. The van der Waals surface area contributed by atoms with Crippen LogP contribution in [0.25, 0.3) is 11.3 Å². The first-order chi connectivity index (χ1) is 12.7. The van der Waals surface area contributed by atoms with E-state index in [4.69, 9.17) is 0 Å². The van der Waals surface area contributed by atoms with Crippen LogP contribution in [0.15, 0.2) is 53.8 Å². The molecule has 4 heterocycles. The van der Waals surface area contributed by atoms with Crippen LogP contribution in [0, 0.1) is 12.8 Å². The van der Waals surface area contributed by atoms with E-state index in [1.807, 2.05) is 19.1 Å². The molecule has 0 amide bonds. The van der Waals surface area contributed by atoms with Gasteiger partial charge in [0.05, 0.1) is 23.6 Å². The van der Waals surface area contributed by atoms with E-state index in [1.54, 1.807) is 41.6 Å². The average Bonchev–Trinajstić information content (AvgIpc) is 2.64. The van der Waals surface area contributed by atoms with Crippen LogP contribution in [-0.4, -0.2) is 42.7 Å². The molecule has 1 fully saturated rings. The summed E-state index contributed by atoms with van der Waals surface area (Å²) >= 11 is 0. The molecule has 0 N–H and O–H groups in total. The monoisotopic (exact) mass is 348 g/mol. The van der Waals surface area contributed by atoms with Gasteiger partial charge in [-0.1, -0.05) is 0 Å². The van der Waals surface area contributed by atoms with Gasteiger partial charge in [0.2, 0.25) is 0 Å². The third-order valence-corrected chi connectivity index (χ3v) is 4.66. The molecule has 132 valence electrons. The van der Waals surface area contributed by atoms with E-state index in [9.17, 15) is 4.79 Å². The Labute approximate surface area is 151 Å². The van der Waals surface area contributed by atoms with Crippen LogP contribution in [-0.2, 0) is 13.1 Å². The highest BCUT2D eigenvalue weighted by Gasteiger charge is 2.28. The van der Waals surface area contributed by atoms with Gasteiger partial charge in [0.15, 0.2) is 0 Å². The number of likely N-dealkylation sites (tertiary alicyclic amines) is 1. The summed E-state index contributed by atoms with van der Waals surface area (Å²) in [5.74, 6) is 0.421. The standard InChI is InChI=1S/C19H20N6O/c1-14-18(22-9-8-21-14)13-24-10-15(11-24)12-25-19(26)3-2-17(23-25)16-4-6-20-7-5-16/h2-9,15H,10-13H2,1H3. The van der Waals surface area contributed by atoms with Gasteiger partial charge >= 0.3 is 0 Å². The number of nitrogens with zero attached hydrogens (tertiary/aromatic N) is 6. The minimum absolute atomic E-state index is 0.0639. The molecule has 1 saturated heterocycles. The lowest BCUT2D eigenvalue weighted by atomic mass is 10.00. The lowest BCUT2D eigenvalue weighted by Gasteiger charge is -2.39. The Kier molecular flexibility index (Phi) is 4.53. The summed E-state index contributed by atoms with van der Waals surface area (Å²) in [6.45, 7) is 5.28. The van der Waals surface area contributed by atoms with Crippen molar-refractivity contribution in [1.29, 1.82) is 0 Å². The first-order valence-corrected chi connectivity index (χ1v) is 8.66. The Morgan fingerprint density at radius 3 is 2.58 bits per heavy atom. The van der Waals surface area contributed by atoms with Crippen molar-refractivity contribution in [3.8, 4) is 11.3 Å². The molecular formula is C19H20N6O. The maximum Gasteiger partial charge on any atom is 0.266 e. The predicted molar refractivity (Wildman–Crippen MR) is 97.3 cm³/mol. The lowest BCUT2D eigenvalue weighted by Crippen LogP contribution is -2.49. The Hall–Kier alpha value is -2.93. The molecule has 3 aromatic heterocycles. The zero-order chi connectivity index (χ0) is 17.9. The van der Waals surface area contributed by atoms with Crippen LogP contribution in [0.1, 0.15) is 11.4 Å². The minimum atomic E-state index is -0.0639. The van der Waals surface area contributed by atoms with Gasteiger partial charge in [-0.3, -0.25) is 24.6 Å². The molecule has 0 aromatic carbocycles. The normalized spacial score (nSPS) is 15.0. The van der Waals surface area contributed by atoms with Crippen molar-refractivity contribution < 1.29 is 0 Å². The molecule has 7 nitrogen and oxygen atoms in total. The van der Waals surface area contributed by atoms with Crippen molar-refractivity contribution in [2.75, 3.05) is 13.1 Å². The number of aromatic nitrogens is 5. The van der Waals surface area contributed by atoms with Crippen LogP contribution in [0.2, 0.25) is 0 Å². The van der Waals surface area contributed by atoms with Crippen molar-refractivity contribution >= 4 is 0 Å². The van der Waals surface area contributed by atoms with Crippen LogP contribution in [0.4, 0.5) is 0 Å². The van der Waals surface area contributed by atoms with Crippen molar-refractivity contribution in [1.82, 2.24) is 29.6 Å².